The largest absolute Gasteiger partial charge is 0.379 e. The molecule has 0 spiro atoms. The quantitative estimate of drug-likeness (QED) is 0.855. The van der Waals surface area contributed by atoms with Crippen molar-refractivity contribution in [3.05, 3.63) is 35.4 Å². The predicted molar refractivity (Wildman–Crippen MR) is 91.7 cm³/mol. The van der Waals surface area contributed by atoms with Gasteiger partial charge < -0.3 is 9.64 Å². The molecule has 0 saturated carbocycles. The highest BCUT2D eigenvalue weighted by molar-refractivity contribution is 5.94. The zero-order valence-corrected chi connectivity index (χ0v) is 14.2. The van der Waals surface area contributed by atoms with Crippen molar-refractivity contribution in [3.8, 4) is 0 Å². The molecule has 0 radical (unpaired) electrons. The van der Waals surface area contributed by atoms with Gasteiger partial charge in [-0.3, -0.25) is 9.69 Å². The van der Waals surface area contributed by atoms with Crippen molar-refractivity contribution in [2.24, 2.45) is 5.92 Å². The SMILES string of the molecule is CCc1ccc(C(=O)N2CCC(CN3CCOCC3)CC2)cc1. The van der Waals surface area contributed by atoms with E-state index in [0.29, 0.717) is 0 Å². The number of carbonyl (C=O) groups excluding carboxylic acids is 1. The number of hydrogen-bond donors (Lipinski definition) is 0. The first-order chi connectivity index (χ1) is 11.3. The molecule has 0 unspecified atom stereocenters. The van der Waals surface area contributed by atoms with E-state index in [1.807, 2.05) is 17.0 Å². The normalized spacial score (nSPS) is 20.7. The second-order valence-electron chi connectivity index (χ2n) is 6.70. The summed E-state index contributed by atoms with van der Waals surface area (Å²) in [5, 5.41) is 0. The summed E-state index contributed by atoms with van der Waals surface area (Å²) in [6.45, 7) is 8.93. The highest BCUT2D eigenvalue weighted by Gasteiger charge is 2.25. The summed E-state index contributed by atoms with van der Waals surface area (Å²) >= 11 is 0. The molecule has 126 valence electrons. The Morgan fingerprint density at radius 2 is 1.74 bits per heavy atom. The van der Waals surface area contributed by atoms with Crippen molar-refractivity contribution in [1.82, 2.24) is 9.80 Å². The molecule has 0 aromatic heterocycles. The standard InChI is InChI=1S/C19H28N2O2/c1-2-16-3-5-18(6-4-16)19(22)21-9-7-17(8-10-21)15-20-11-13-23-14-12-20/h3-6,17H,2,7-15H2,1H3. The lowest BCUT2D eigenvalue weighted by Crippen LogP contribution is -2.44. The van der Waals surface area contributed by atoms with Gasteiger partial charge in [-0.25, -0.2) is 0 Å². The van der Waals surface area contributed by atoms with Crippen molar-refractivity contribution in [1.29, 1.82) is 0 Å². The number of amides is 1. The third-order valence-corrected chi connectivity index (χ3v) is 5.13. The molecule has 1 aromatic carbocycles. The summed E-state index contributed by atoms with van der Waals surface area (Å²) in [7, 11) is 0. The number of ether oxygens (including phenoxy) is 1. The molecule has 1 aromatic rings. The van der Waals surface area contributed by atoms with Gasteiger partial charge >= 0.3 is 0 Å². The summed E-state index contributed by atoms with van der Waals surface area (Å²) < 4.78 is 5.41. The van der Waals surface area contributed by atoms with Gasteiger partial charge in [0.05, 0.1) is 13.2 Å². The molecule has 0 N–H and O–H groups in total. The first kappa shape index (κ1) is 16.5. The zero-order valence-electron chi connectivity index (χ0n) is 14.2. The summed E-state index contributed by atoms with van der Waals surface area (Å²) in [5.74, 6) is 0.914. The smallest absolute Gasteiger partial charge is 0.253 e. The Hall–Kier alpha value is -1.39. The van der Waals surface area contributed by atoms with Gasteiger partial charge in [0.2, 0.25) is 0 Å². The van der Waals surface area contributed by atoms with E-state index in [0.717, 1.165) is 76.7 Å². The fourth-order valence-corrected chi connectivity index (χ4v) is 3.53. The van der Waals surface area contributed by atoms with E-state index in [9.17, 15) is 4.79 Å². The van der Waals surface area contributed by atoms with Gasteiger partial charge in [-0.2, -0.15) is 0 Å². The number of benzene rings is 1. The van der Waals surface area contributed by atoms with Crippen LogP contribution in [0.25, 0.3) is 0 Å². The molecule has 2 aliphatic rings. The third kappa shape index (κ3) is 4.33. The first-order valence-corrected chi connectivity index (χ1v) is 8.94. The van der Waals surface area contributed by atoms with Crippen LogP contribution >= 0.6 is 0 Å². The molecular weight excluding hydrogens is 288 g/mol. The zero-order chi connectivity index (χ0) is 16.1. The fraction of sp³-hybridized carbons (Fsp3) is 0.632. The molecule has 2 fully saturated rings. The molecule has 2 aliphatic heterocycles. The number of carbonyl (C=O) groups is 1. The number of hydrogen-bond acceptors (Lipinski definition) is 3. The van der Waals surface area contributed by atoms with Crippen LogP contribution in [0, 0.1) is 5.92 Å². The van der Waals surface area contributed by atoms with E-state index in [1.54, 1.807) is 0 Å². The Morgan fingerprint density at radius 1 is 1.09 bits per heavy atom. The Morgan fingerprint density at radius 3 is 2.35 bits per heavy atom. The van der Waals surface area contributed by atoms with E-state index < -0.39 is 0 Å². The highest BCUT2D eigenvalue weighted by atomic mass is 16.5. The van der Waals surface area contributed by atoms with E-state index in [2.05, 4.69) is 24.0 Å². The maximum atomic E-state index is 12.6. The summed E-state index contributed by atoms with van der Waals surface area (Å²) in [6.07, 6.45) is 3.26. The van der Waals surface area contributed by atoms with E-state index in [-0.39, 0.29) is 5.91 Å². The minimum Gasteiger partial charge on any atom is -0.379 e. The van der Waals surface area contributed by atoms with Gasteiger partial charge in [0.25, 0.3) is 5.91 Å². The molecule has 0 aliphatic carbocycles. The maximum absolute atomic E-state index is 12.6. The number of morpholine rings is 1. The number of nitrogens with zero attached hydrogens (tertiary/aromatic N) is 2. The van der Waals surface area contributed by atoms with Gasteiger partial charge in [-0.15, -0.1) is 0 Å². The molecule has 2 heterocycles. The van der Waals surface area contributed by atoms with Gasteiger partial charge in [-0.1, -0.05) is 19.1 Å². The molecule has 1 amide bonds. The monoisotopic (exact) mass is 316 g/mol. The van der Waals surface area contributed by atoms with Crippen LogP contribution in [0.4, 0.5) is 0 Å². The van der Waals surface area contributed by atoms with Crippen LogP contribution < -0.4 is 0 Å². The van der Waals surface area contributed by atoms with Crippen molar-refractivity contribution >= 4 is 5.91 Å². The van der Waals surface area contributed by atoms with Gasteiger partial charge in [0, 0.05) is 38.3 Å². The van der Waals surface area contributed by atoms with Crippen LogP contribution in [0.5, 0.6) is 0 Å². The summed E-state index contributed by atoms with van der Waals surface area (Å²) in [4.78, 5) is 17.1. The predicted octanol–water partition coefficient (Wildman–Crippen LogP) is 2.43. The minimum absolute atomic E-state index is 0.192. The summed E-state index contributed by atoms with van der Waals surface area (Å²) in [6, 6.07) is 8.08. The second kappa shape index (κ2) is 7.93. The molecule has 0 bridgehead atoms. The molecule has 23 heavy (non-hydrogen) atoms. The fourth-order valence-electron chi connectivity index (χ4n) is 3.53. The molecular formula is C19H28N2O2. The third-order valence-electron chi connectivity index (χ3n) is 5.13. The number of rotatable bonds is 4. The van der Waals surface area contributed by atoms with Crippen LogP contribution in [0.15, 0.2) is 24.3 Å². The average Bonchev–Trinajstić information content (AvgIpc) is 2.63. The van der Waals surface area contributed by atoms with Crippen molar-refractivity contribution in [2.75, 3.05) is 45.9 Å². The lowest BCUT2D eigenvalue weighted by atomic mass is 9.95. The topological polar surface area (TPSA) is 32.8 Å². The highest BCUT2D eigenvalue weighted by Crippen LogP contribution is 2.21. The van der Waals surface area contributed by atoms with Crippen molar-refractivity contribution < 1.29 is 9.53 Å². The first-order valence-electron chi connectivity index (χ1n) is 8.94. The van der Waals surface area contributed by atoms with Crippen LogP contribution in [0.3, 0.4) is 0 Å². The second-order valence-corrected chi connectivity index (χ2v) is 6.70. The Balaban J connectivity index is 1.48. The van der Waals surface area contributed by atoms with Crippen molar-refractivity contribution in [2.45, 2.75) is 26.2 Å². The van der Waals surface area contributed by atoms with Crippen LogP contribution in [0.1, 0.15) is 35.7 Å². The average molecular weight is 316 g/mol. The lowest BCUT2D eigenvalue weighted by molar-refractivity contribution is 0.0243. The maximum Gasteiger partial charge on any atom is 0.253 e. The van der Waals surface area contributed by atoms with Crippen LogP contribution in [0.2, 0.25) is 0 Å². The van der Waals surface area contributed by atoms with Crippen LogP contribution in [-0.4, -0.2) is 61.6 Å². The Kier molecular flexibility index (Phi) is 5.68. The van der Waals surface area contributed by atoms with Gasteiger partial charge in [-0.05, 0) is 42.9 Å². The number of aryl methyl sites for hydroxylation is 1. The Labute approximate surface area is 139 Å². The van der Waals surface area contributed by atoms with E-state index >= 15 is 0 Å². The van der Waals surface area contributed by atoms with E-state index in [4.69, 9.17) is 4.74 Å². The minimum atomic E-state index is 0.192. The lowest BCUT2D eigenvalue weighted by Gasteiger charge is -2.36. The molecule has 3 rings (SSSR count). The molecule has 2 saturated heterocycles. The Bertz CT molecular complexity index is 501. The molecule has 4 nitrogen and oxygen atoms in total. The number of likely N-dealkylation sites (tertiary alicyclic amines) is 1. The van der Waals surface area contributed by atoms with E-state index in [1.165, 1.54) is 5.56 Å². The van der Waals surface area contributed by atoms with Gasteiger partial charge in [0.1, 0.15) is 0 Å². The van der Waals surface area contributed by atoms with Crippen LogP contribution in [-0.2, 0) is 11.2 Å². The van der Waals surface area contributed by atoms with Gasteiger partial charge in [0.15, 0.2) is 0 Å². The molecule has 0 atom stereocenters. The number of piperidine rings is 1. The van der Waals surface area contributed by atoms with Crippen molar-refractivity contribution in [3.63, 3.8) is 0 Å². The molecule has 4 heteroatoms. The summed E-state index contributed by atoms with van der Waals surface area (Å²) in [5.41, 5.74) is 2.11.